The number of urea groups is 1. The molecule has 1 fully saturated rings. The van der Waals surface area contributed by atoms with E-state index in [4.69, 9.17) is 21.1 Å². The van der Waals surface area contributed by atoms with E-state index in [1.54, 1.807) is 30.3 Å². The number of barbiturate groups is 1. The third-order valence-corrected chi connectivity index (χ3v) is 7.49. The van der Waals surface area contributed by atoms with Crippen molar-refractivity contribution in [2.24, 2.45) is 0 Å². The van der Waals surface area contributed by atoms with Crippen molar-refractivity contribution in [3.63, 3.8) is 0 Å². The third-order valence-electron chi connectivity index (χ3n) is 6.32. The van der Waals surface area contributed by atoms with Crippen LogP contribution in [0, 0.1) is 6.92 Å². The summed E-state index contributed by atoms with van der Waals surface area (Å²) in [4.78, 5) is 39.4. The predicted molar refractivity (Wildman–Crippen MR) is 154 cm³/mol. The molecular weight excluding hydrogens is 584 g/mol. The van der Waals surface area contributed by atoms with Crippen LogP contribution in [-0.2, 0) is 16.2 Å². The van der Waals surface area contributed by atoms with E-state index in [2.05, 4.69) is 21.2 Å². The van der Waals surface area contributed by atoms with Crippen LogP contribution in [0.1, 0.15) is 16.7 Å². The number of carbonyl (C=O) groups excluding carboxylic acids is 3. The second-order valence-electron chi connectivity index (χ2n) is 8.85. The molecule has 0 spiro atoms. The lowest BCUT2D eigenvalue weighted by molar-refractivity contribution is -0.122. The number of ether oxygens (including phenoxy) is 2. The summed E-state index contributed by atoms with van der Waals surface area (Å²) >= 11 is 9.99. The molecule has 1 saturated heterocycles. The Bertz CT molecular complexity index is 1680. The van der Waals surface area contributed by atoms with Crippen molar-refractivity contribution < 1.29 is 23.9 Å². The van der Waals surface area contributed by atoms with Gasteiger partial charge in [0.15, 0.2) is 11.5 Å². The van der Waals surface area contributed by atoms with Crippen LogP contribution in [0.5, 0.6) is 11.5 Å². The number of imide groups is 2. The standard InChI is InChI=1S/C30H22BrClN2O5/c1-17-12-21(10-11-24(17)31)34-29(36)23(28(35)33-30(34)37)13-18-14-25(32)27(26(15-18)38-2)39-16-20-8-5-7-19-6-3-4-9-22(19)20/h3-15H,16H2,1-2H3,(H,33,35,37)/b23-13+. The molecule has 1 aliphatic rings. The minimum atomic E-state index is -0.823. The predicted octanol–water partition coefficient (Wildman–Crippen LogP) is 6.82. The molecule has 0 bridgehead atoms. The summed E-state index contributed by atoms with van der Waals surface area (Å²) in [6.07, 6.45) is 1.37. The van der Waals surface area contributed by atoms with E-state index in [9.17, 15) is 14.4 Å². The molecule has 9 heteroatoms. The fourth-order valence-corrected chi connectivity index (χ4v) is 4.88. The van der Waals surface area contributed by atoms with Gasteiger partial charge in [-0.15, -0.1) is 0 Å². The van der Waals surface area contributed by atoms with E-state index in [1.165, 1.54) is 13.2 Å². The first kappa shape index (κ1) is 26.5. The monoisotopic (exact) mass is 604 g/mol. The quantitative estimate of drug-likeness (QED) is 0.193. The molecular formula is C30H22BrClN2O5. The summed E-state index contributed by atoms with van der Waals surface area (Å²) in [6, 6.07) is 21.4. The smallest absolute Gasteiger partial charge is 0.335 e. The minimum absolute atomic E-state index is 0.224. The zero-order valence-corrected chi connectivity index (χ0v) is 23.3. The average molecular weight is 606 g/mol. The maximum absolute atomic E-state index is 13.3. The highest BCUT2D eigenvalue weighted by Gasteiger charge is 2.37. The molecule has 0 saturated carbocycles. The Labute approximate surface area is 238 Å². The number of amides is 4. The zero-order valence-electron chi connectivity index (χ0n) is 21.0. The number of halogens is 2. The summed E-state index contributed by atoms with van der Waals surface area (Å²) in [5.74, 6) is -0.899. The molecule has 5 rings (SSSR count). The number of hydrogen-bond acceptors (Lipinski definition) is 5. The Morgan fingerprint density at radius 3 is 2.54 bits per heavy atom. The number of anilines is 1. The second kappa shape index (κ2) is 10.9. The first-order valence-electron chi connectivity index (χ1n) is 11.9. The molecule has 0 aliphatic carbocycles. The van der Waals surface area contributed by atoms with Crippen molar-refractivity contribution in [3.05, 3.63) is 105 Å². The number of aryl methyl sites for hydroxylation is 1. The number of nitrogens with one attached hydrogen (secondary N) is 1. The molecule has 0 radical (unpaired) electrons. The minimum Gasteiger partial charge on any atom is -0.493 e. The lowest BCUT2D eigenvalue weighted by Gasteiger charge is -2.26. The van der Waals surface area contributed by atoms with Crippen molar-refractivity contribution in [3.8, 4) is 11.5 Å². The van der Waals surface area contributed by atoms with E-state index in [0.29, 0.717) is 22.7 Å². The fourth-order valence-electron chi connectivity index (χ4n) is 4.36. The van der Waals surface area contributed by atoms with Crippen molar-refractivity contribution in [1.82, 2.24) is 5.32 Å². The Hall–Kier alpha value is -4.14. The highest BCUT2D eigenvalue weighted by molar-refractivity contribution is 9.10. The number of rotatable bonds is 6. The number of methoxy groups -OCH3 is 1. The molecule has 4 aromatic rings. The zero-order chi connectivity index (χ0) is 27.7. The van der Waals surface area contributed by atoms with Gasteiger partial charge in [-0.3, -0.25) is 14.9 Å². The molecule has 1 aliphatic heterocycles. The van der Waals surface area contributed by atoms with E-state index < -0.39 is 17.8 Å². The van der Waals surface area contributed by atoms with Gasteiger partial charge in [0, 0.05) is 4.47 Å². The number of carbonyl (C=O) groups is 3. The highest BCUT2D eigenvalue weighted by atomic mass is 79.9. The van der Waals surface area contributed by atoms with Gasteiger partial charge in [-0.05, 0) is 70.8 Å². The summed E-state index contributed by atoms with van der Waals surface area (Å²) in [7, 11) is 1.47. The van der Waals surface area contributed by atoms with Gasteiger partial charge in [-0.2, -0.15) is 0 Å². The Balaban J connectivity index is 1.45. The highest BCUT2D eigenvalue weighted by Crippen LogP contribution is 2.38. The average Bonchev–Trinajstić information content (AvgIpc) is 2.92. The fraction of sp³-hybridized carbons (Fsp3) is 0.100. The molecule has 0 atom stereocenters. The van der Waals surface area contributed by atoms with Gasteiger partial charge < -0.3 is 9.47 Å². The van der Waals surface area contributed by atoms with Crippen LogP contribution in [0.3, 0.4) is 0 Å². The number of nitrogens with zero attached hydrogens (tertiary/aromatic N) is 1. The number of benzene rings is 4. The van der Waals surface area contributed by atoms with E-state index in [0.717, 1.165) is 31.3 Å². The largest absolute Gasteiger partial charge is 0.493 e. The maximum atomic E-state index is 13.3. The Kier molecular flexibility index (Phi) is 7.41. The summed E-state index contributed by atoms with van der Waals surface area (Å²) in [5, 5.41) is 4.63. The van der Waals surface area contributed by atoms with Gasteiger partial charge in [0.2, 0.25) is 0 Å². The topological polar surface area (TPSA) is 84.9 Å². The lowest BCUT2D eigenvalue weighted by atomic mass is 10.1. The Morgan fingerprint density at radius 1 is 1.00 bits per heavy atom. The summed E-state index contributed by atoms with van der Waals surface area (Å²) < 4.78 is 12.4. The van der Waals surface area contributed by atoms with Crippen molar-refractivity contribution in [2.45, 2.75) is 13.5 Å². The van der Waals surface area contributed by atoms with Crippen molar-refractivity contribution in [2.75, 3.05) is 12.0 Å². The van der Waals surface area contributed by atoms with Crippen LogP contribution in [0.2, 0.25) is 5.02 Å². The first-order chi connectivity index (χ1) is 18.8. The molecule has 196 valence electrons. The van der Waals surface area contributed by atoms with E-state index in [-0.39, 0.29) is 17.2 Å². The first-order valence-corrected chi connectivity index (χ1v) is 13.1. The molecule has 7 nitrogen and oxygen atoms in total. The molecule has 1 heterocycles. The van der Waals surface area contributed by atoms with Gasteiger partial charge in [0.25, 0.3) is 11.8 Å². The Morgan fingerprint density at radius 2 is 1.77 bits per heavy atom. The lowest BCUT2D eigenvalue weighted by Crippen LogP contribution is -2.54. The van der Waals surface area contributed by atoms with Crippen molar-refractivity contribution in [1.29, 1.82) is 0 Å². The van der Waals surface area contributed by atoms with Crippen LogP contribution in [-0.4, -0.2) is 25.0 Å². The molecule has 4 amide bonds. The SMILES string of the molecule is COc1cc(/C=C2\C(=O)NC(=O)N(c3ccc(Br)c(C)c3)C2=O)cc(Cl)c1OCc1cccc2ccccc12. The molecule has 39 heavy (non-hydrogen) atoms. The van der Waals surface area contributed by atoms with Gasteiger partial charge >= 0.3 is 6.03 Å². The summed E-state index contributed by atoms with van der Waals surface area (Å²) in [5.41, 5.74) is 2.34. The van der Waals surface area contributed by atoms with E-state index >= 15 is 0 Å². The van der Waals surface area contributed by atoms with Crippen LogP contribution >= 0.6 is 27.5 Å². The number of hydrogen-bond donors (Lipinski definition) is 1. The van der Waals surface area contributed by atoms with Crippen molar-refractivity contribution >= 4 is 67.9 Å². The van der Waals surface area contributed by atoms with Gasteiger partial charge in [0.1, 0.15) is 12.2 Å². The van der Waals surface area contributed by atoms with Crippen LogP contribution in [0.15, 0.2) is 82.8 Å². The van der Waals surface area contributed by atoms with Crippen LogP contribution < -0.4 is 19.7 Å². The molecule has 0 unspecified atom stereocenters. The third kappa shape index (κ3) is 5.26. The molecule has 4 aromatic carbocycles. The van der Waals surface area contributed by atoms with E-state index in [1.807, 2.05) is 49.4 Å². The molecule has 1 N–H and O–H groups in total. The summed E-state index contributed by atoms with van der Waals surface area (Å²) in [6.45, 7) is 2.09. The van der Waals surface area contributed by atoms with Gasteiger partial charge in [-0.25, -0.2) is 9.69 Å². The second-order valence-corrected chi connectivity index (χ2v) is 10.1. The maximum Gasteiger partial charge on any atom is 0.335 e. The van der Waals surface area contributed by atoms with Crippen LogP contribution in [0.25, 0.3) is 16.8 Å². The molecule has 0 aromatic heterocycles. The number of fused-ring (bicyclic) bond motifs is 1. The van der Waals surface area contributed by atoms with Crippen LogP contribution in [0.4, 0.5) is 10.5 Å². The normalized spacial score (nSPS) is 14.6. The van der Waals surface area contributed by atoms with Gasteiger partial charge in [0.05, 0.1) is 17.8 Å². The van der Waals surface area contributed by atoms with Gasteiger partial charge in [-0.1, -0.05) is 70.0 Å².